The molecule has 1 fully saturated rings. The molecule has 2 rings (SSSR count). The lowest BCUT2D eigenvalue weighted by Crippen LogP contribution is -2.48. The Morgan fingerprint density at radius 3 is 2.92 bits per heavy atom. The second kappa shape index (κ2) is 9.22. The first kappa shape index (κ1) is 19.8. The van der Waals surface area contributed by atoms with Crippen molar-refractivity contribution in [1.29, 1.82) is 0 Å². The molecule has 0 aromatic carbocycles. The lowest BCUT2D eigenvalue weighted by Gasteiger charge is -2.28. The van der Waals surface area contributed by atoms with Crippen molar-refractivity contribution in [2.24, 2.45) is 5.92 Å². The Hall–Kier alpha value is -2.57. The molecule has 2 amide bonds. The van der Waals surface area contributed by atoms with Crippen LogP contribution in [0.1, 0.15) is 38.4 Å². The summed E-state index contributed by atoms with van der Waals surface area (Å²) in [5.74, 6) is 0.0470. The molecule has 0 spiro atoms. The number of carbonyl (C=O) groups excluding carboxylic acids is 2. The van der Waals surface area contributed by atoms with Crippen molar-refractivity contribution in [3.05, 3.63) is 36.6 Å². The zero-order valence-corrected chi connectivity index (χ0v) is 15.6. The topological polar surface area (TPSA) is 84.7 Å². The van der Waals surface area contributed by atoms with Crippen LogP contribution in [0.5, 0.6) is 5.88 Å². The number of methoxy groups -OCH3 is 1. The van der Waals surface area contributed by atoms with E-state index in [2.05, 4.69) is 17.1 Å². The van der Waals surface area contributed by atoms with Crippen molar-refractivity contribution in [1.82, 2.24) is 15.4 Å². The summed E-state index contributed by atoms with van der Waals surface area (Å²) in [6.07, 6.45) is 6.69. The van der Waals surface area contributed by atoms with Crippen molar-refractivity contribution in [3.63, 3.8) is 0 Å². The van der Waals surface area contributed by atoms with Gasteiger partial charge in [-0.3, -0.25) is 9.59 Å². The highest BCUT2D eigenvalue weighted by Gasteiger charge is 2.40. The molecule has 1 aliphatic heterocycles. The fraction of sp³-hybridized carbons (Fsp3) is 0.526. The number of nitrogens with zero attached hydrogens (tertiary/aromatic N) is 2. The number of aromatic nitrogens is 1. The highest BCUT2D eigenvalue weighted by Crippen LogP contribution is 2.32. The number of hydrogen-bond acceptors (Lipinski definition) is 5. The monoisotopic (exact) mass is 361 g/mol. The maximum atomic E-state index is 13.2. The molecule has 1 aromatic heterocycles. The molecular formula is C19H27N3O4. The largest absolute Gasteiger partial charge is 0.479 e. The molecule has 0 bridgehead atoms. The molecule has 1 aromatic rings. The smallest absolute Gasteiger partial charge is 0.254 e. The Labute approximate surface area is 154 Å². The maximum absolute atomic E-state index is 13.2. The quantitative estimate of drug-likeness (QED) is 0.718. The first-order chi connectivity index (χ1) is 12.5. The first-order valence-corrected chi connectivity index (χ1v) is 8.86. The van der Waals surface area contributed by atoms with Crippen LogP contribution in [0.3, 0.4) is 0 Å². The molecule has 0 aliphatic carbocycles. The highest BCUT2D eigenvalue weighted by molar-refractivity contribution is 5.91. The van der Waals surface area contributed by atoms with E-state index in [4.69, 9.17) is 9.26 Å². The standard InChI is InChI=1S/C19H27N3O4/c1-5-6-7-10-20-18(23)14-9-8-11-22(14)19(24)17(13(2)3)15-12-16(25-4)21-26-15/h5-7,12-14,17H,1,8-11H2,2-4H3,(H,20,23)/b7-6+. The predicted molar refractivity (Wildman–Crippen MR) is 97.7 cm³/mol. The van der Waals surface area contributed by atoms with Crippen LogP contribution in [0.15, 0.2) is 35.4 Å². The van der Waals surface area contributed by atoms with Gasteiger partial charge in [-0.05, 0) is 23.9 Å². The molecule has 7 heteroatoms. The van der Waals surface area contributed by atoms with Gasteiger partial charge >= 0.3 is 0 Å². The van der Waals surface area contributed by atoms with E-state index in [0.29, 0.717) is 31.2 Å². The van der Waals surface area contributed by atoms with E-state index in [1.54, 1.807) is 23.1 Å². The average molecular weight is 361 g/mol. The van der Waals surface area contributed by atoms with Gasteiger partial charge in [-0.2, -0.15) is 0 Å². The summed E-state index contributed by atoms with van der Waals surface area (Å²) >= 11 is 0. The number of ether oxygens (including phenoxy) is 1. The lowest BCUT2D eigenvalue weighted by atomic mass is 9.91. The molecule has 1 aliphatic rings. The summed E-state index contributed by atoms with van der Waals surface area (Å²) in [4.78, 5) is 27.3. The molecule has 2 unspecified atom stereocenters. The molecule has 0 saturated carbocycles. The summed E-state index contributed by atoms with van der Waals surface area (Å²) < 4.78 is 10.4. The Kier molecular flexibility index (Phi) is 7.00. The van der Waals surface area contributed by atoms with E-state index in [1.807, 2.05) is 19.9 Å². The van der Waals surface area contributed by atoms with Crippen LogP contribution in [-0.4, -0.2) is 48.1 Å². The minimum Gasteiger partial charge on any atom is -0.479 e. The van der Waals surface area contributed by atoms with Gasteiger partial charge in [0.25, 0.3) is 5.88 Å². The number of rotatable bonds is 8. The van der Waals surface area contributed by atoms with Gasteiger partial charge in [0, 0.05) is 19.2 Å². The van der Waals surface area contributed by atoms with E-state index < -0.39 is 12.0 Å². The van der Waals surface area contributed by atoms with Gasteiger partial charge in [0.05, 0.1) is 7.11 Å². The Balaban J connectivity index is 2.12. The Morgan fingerprint density at radius 1 is 1.54 bits per heavy atom. The van der Waals surface area contributed by atoms with Crippen LogP contribution in [0.25, 0.3) is 0 Å². The van der Waals surface area contributed by atoms with E-state index in [9.17, 15) is 9.59 Å². The van der Waals surface area contributed by atoms with E-state index in [1.165, 1.54) is 7.11 Å². The first-order valence-electron chi connectivity index (χ1n) is 8.86. The Bertz CT molecular complexity index is 665. The SMILES string of the molecule is C=C/C=C/CNC(=O)C1CCCN1C(=O)C(c1cc(OC)no1)C(C)C. The number of hydrogen-bond donors (Lipinski definition) is 1. The molecule has 1 saturated heterocycles. The van der Waals surface area contributed by atoms with Crippen molar-refractivity contribution in [2.75, 3.05) is 20.2 Å². The minimum atomic E-state index is -0.500. The molecule has 26 heavy (non-hydrogen) atoms. The summed E-state index contributed by atoms with van der Waals surface area (Å²) in [6, 6.07) is 1.18. The summed E-state index contributed by atoms with van der Waals surface area (Å²) in [7, 11) is 1.50. The molecule has 7 nitrogen and oxygen atoms in total. The van der Waals surface area contributed by atoms with Crippen LogP contribution in [0, 0.1) is 5.92 Å². The molecule has 0 radical (unpaired) electrons. The Morgan fingerprint density at radius 2 is 2.31 bits per heavy atom. The van der Waals surface area contributed by atoms with Crippen molar-refractivity contribution >= 4 is 11.8 Å². The molecular weight excluding hydrogens is 334 g/mol. The van der Waals surface area contributed by atoms with Crippen LogP contribution in [0.4, 0.5) is 0 Å². The van der Waals surface area contributed by atoms with E-state index in [-0.39, 0.29) is 17.7 Å². The van der Waals surface area contributed by atoms with Gasteiger partial charge in [-0.25, -0.2) is 0 Å². The number of amides is 2. The zero-order chi connectivity index (χ0) is 19.1. The second-order valence-electron chi connectivity index (χ2n) is 6.59. The van der Waals surface area contributed by atoms with Crippen LogP contribution >= 0.6 is 0 Å². The van der Waals surface area contributed by atoms with E-state index in [0.717, 1.165) is 6.42 Å². The summed E-state index contributed by atoms with van der Waals surface area (Å²) in [6.45, 7) is 8.46. The van der Waals surface area contributed by atoms with Crippen molar-refractivity contribution in [3.8, 4) is 5.88 Å². The fourth-order valence-corrected chi connectivity index (χ4v) is 3.17. The predicted octanol–water partition coefficient (Wildman–Crippen LogP) is 2.27. The fourth-order valence-electron chi connectivity index (χ4n) is 3.17. The van der Waals surface area contributed by atoms with Gasteiger partial charge in [0.1, 0.15) is 12.0 Å². The summed E-state index contributed by atoms with van der Waals surface area (Å²) in [5, 5.41) is 6.64. The average Bonchev–Trinajstić information content (AvgIpc) is 3.27. The van der Waals surface area contributed by atoms with Gasteiger partial charge < -0.3 is 19.5 Å². The molecule has 142 valence electrons. The van der Waals surface area contributed by atoms with Crippen molar-refractivity contribution in [2.45, 2.75) is 38.6 Å². The van der Waals surface area contributed by atoms with Crippen LogP contribution in [0.2, 0.25) is 0 Å². The second-order valence-corrected chi connectivity index (χ2v) is 6.59. The zero-order valence-electron chi connectivity index (χ0n) is 15.6. The van der Waals surface area contributed by atoms with Crippen molar-refractivity contribution < 1.29 is 18.8 Å². The van der Waals surface area contributed by atoms with Crippen LogP contribution in [-0.2, 0) is 9.59 Å². The third kappa shape index (κ3) is 4.53. The number of allylic oxidation sites excluding steroid dienone is 2. The molecule has 2 heterocycles. The lowest BCUT2D eigenvalue weighted by molar-refractivity contribution is -0.140. The van der Waals surface area contributed by atoms with Gasteiger partial charge in [0.2, 0.25) is 11.8 Å². The number of likely N-dealkylation sites (tertiary alicyclic amines) is 1. The van der Waals surface area contributed by atoms with E-state index >= 15 is 0 Å². The highest BCUT2D eigenvalue weighted by atomic mass is 16.5. The normalized spacial score (nSPS) is 18.3. The molecule has 2 atom stereocenters. The number of carbonyl (C=O) groups is 2. The maximum Gasteiger partial charge on any atom is 0.254 e. The third-order valence-corrected chi connectivity index (χ3v) is 4.46. The van der Waals surface area contributed by atoms with Gasteiger partial charge in [-0.15, -0.1) is 0 Å². The van der Waals surface area contributed by atoms with Crippen LogP contribution < -0.4 is 10.1 Å². The van der Waals surface area contributed by atoms with Gasteiger partial charge in [0.15, 0.2) is 5.76 Å². The summed E-state index contributed by atoms with van der Waals surface area (Å²) in [5.41, 5.74) is 0. The molecule has 1 N–H and O–H groups in total. The third-order valence-electron chi connectivity index (χ3n) is 4.46. The van der Waals surface area contributed by atoms with Gasteiger partial charge in [-0.1, -0.05) is 38.7 Å². The minimum absolute atomic E-state index is 0.00000734. The number of nitrogens with one attached hydrogen (secondary N) is 1.